The van der Waals surface area contributed by atoms with Gasteiger partial charge in [0.1, 0.15) is 0 Å². The molecule has 0 aromatic carbocycles. The first-order chi connectivity index (χ1) is 5.29. The van der Waals surface area contributed by atoms with Crippen molar-refractivity contribution in [3.8, 4) is 12.3 Å². The molecule has 1 amide bonds. The molecule has 0 unspecified atom stereocenters. The summed E-state index contributed by atoms with van der Waals surface area (Å²) in [6.45, 7) is 2.72. The number of carbonyl (C=O) groups excluding carboxylic acids is 1. The smallest absolute Gasteiger partial charge is 0.223 e. The van der Waals surface area contributed by atoms with Crippen molar-refractivity contribution in [2.75, 3.05) is 6.54 Å². The number of terminal acetylenes is 1. The van der Waals surface area contributed by atoms with Gasteiger partial charge in [-0.15, -0.1) is 6.42 Å². The van der Waals surface area contributed by atoms with E-state index >= 15 is 0 Å². The van der Waals surface area contributed by atoms with Gasteiger partial charge in [0.05, 0.1) is 6.04 Å². The molecule has 2 nitrogen and oxygen atoms in total. The molecule has 1 atom stereocenters. The van der Waals surface area contributed by atoms with Gasteiger partial charge in [0.2, 0.25) is 5.91 Å². The maximum atomic E-state index is 11.2. The zero-order valence-electron chi connectivity index (χ0n) is 6.84. The minimum Gasteiger partial charge on any atom is -0.329 e. The fourth-order valence-electron chi connectivity index (χ4n) is 1.44. The minimum atomic E-state index is 0.0717. The summed E-state index contributed by atoms with van der Waals surface area (Å²) < 4.78 is 0. The van der Waals surface area contributed by atoms with E-state index in [1.807, 2.05) is 6.92 Å². The van der Waals surface area contributed by atoms with Gasteiger partial charge in [0.25, 0.3) is 0 Å². The standard InChI is InChI=1S/C9H13NO/c1-3-8-6-5-7-10(8)9(11)4-2/h1,8H,4-7H2,2H3/t8-/m1/s1. The Morgan fingerprint density at radius 1 is 1.82 bits per heavy atom. The quantitative estimate of drug-likeness (QED) is 0.512. The second-order valence-corrected chi connectivity index (χ2v) is 2.77. The molecule has 60 valence electrons. The summed E-state index contributed by atoms with van der Waals surface area (Å²) in [5.41, 5.74) is 0. The highest BCUT2D eigenvalue weighted by atomic mass is 16.2. The highest BCUT2D eigenvalue weighted by molar-refractivity contribution is 5.76. The van der Waals surface area contributed by atoms with Crippen LogP contribution in [-0.4, -0.2) is 23.4 Å². The molecule has 0 spiro atoms. The third-order valence-electron chi connectivity index (χ3n) is 2.07. The molecule has 0 radical (unpaired) electrons. The van der Waals surface area contributed by atoms with Crippen LogP contribution in [0, 0.1) is 12.3 Å². The Morgan fingerprint density at radius 2 is 2.55 bits per heavy atom. The highest BCUT2D eigenvalue weighted by Crippen LogP contribution is 2.16. The molecule has 1 aliphatic rings. The highest BCUT2D eigenvalue weighted by Gasteiger charge is 2.25. The van der Waals surface area contributed by atoms with Gasteiger partial charge in [-0.05, 0) is 12.8 Å². The van der Waals surface area contributed by atoms with E-state index < -0.39 is 0 Å². The molecule has 0 bridgehead atoms. The van der Waals surface area contributed by atoms with Crippen molar-refractivity contribution >= 4 is 5.91 Å². The number of carbonyl (C=O) groups is 1. The molecule has 0 aromatic heterocycles. The summed E-state index contributed by atoms with van der Waals surface area (Å²) in [5.74, 6) is 2.82. The van der Waals surface area contributed by atoms with E-state index in [9.17, 15) is 4.79 Å². The van der Waals surface area contributed by atoms with Crippen molar-refractivity contribution in [1.29, 1.82) is 0 Å². The lowest BCUT2D eigenvalue weighted by Crippen LogP contribution is -2.33. The van der Waals surface area contributed by atoms with Gasteiger partial charge in [-0.25, -0.2) is 0 Å². The molecule has 1 fully saturated rings. The van der Waals surface area contributed by atoms with E-state index in [1.54, 1.807) is 4.90 Å². The topological polar surface area (TPSA) is 20.3 Å². The first kappa shape index (κ1) is 8.13. The molecule has 1 aliphatic heterocycles. The van der Waals surface area contributed by atoms with Gasteiger partial charge in [-0.1, -0.05) is 12.8 Å². The van der Waals surface area contributed by atoms with Gasteiger partial charge in [0.15, 0.2) is 0 Å². The summed E-state index contributed by atoms with van der Waals surface area (Å²) in [6, 6.07) is 0.0717. The summed E-state index contributed by atoms with van der Waals surface area (Å²) in [4.78, 5) is 13.0. The van der Waals surface area contributed by atoms with Crippen molar-refractivity contribution in [1.82, 2.24) is 4.90 Å². The predicted octanol–water partition coefficient (Wildman–Crippen LogP) is 1.02. The Kier molecular flexibility index (Phi) is 2.53. The number of rotatable bonds is 1. The fraction of sp³-hybridized carbons (Fsp3) is 0.667. The van der Waals surface area contributed by atoms with E-state index in [-0.39, 0.29) is 11.9 Å². The first-order valence-electron chi connectivity index (χ1n) is 4.05. The van der Waals surface area contributed by atoms with Gasteiger partial charge in [-0.3, -0.25) is 4.79 Å². The predicted molar refractivity (Wildman–Crippen MR) is 43.9 cm³/mol. The zero-order chi connectivity index (χ0) is 8.27. The normalized spacial score (nSPS) is 23.3. The Labute approximate surface area is 67.6 Å². The van der Waals surface area contributed by atoms with Crippen LogP contribution >= 0.6 is 0 Å². The maximum Gasteiger partial charge on any atom is 0.223 e. The van der Waals surface area contributed by atoms with Gasteiger partial charge < -0.3 is 4.90 Å². The second-order valence-electron chi connectivity index (χ2n) is 2.77. The Morgan fingerprint density at radius 3 is 3.09 bits per heavy atom. The number of nitrogens with zero attached hydrogens (tertiary/aromatic N) is 1. The van der Waals surface area contributed by atoms with E-state index in [4.69, 9.17) is 6.42 Å². The summed E-state index contributed by atoms with van der Waals surface area (Å²) in [7, 11) is 0. The number of hydrogen-bond donors (Lipinski definition) is 0. The summed E-state index contributed by atoms with van der Waals surface area (Å²) in [5, 5.41) is 0. The van der Waals surface area contributed by atoms with Crippen molar-refractivity contribution in [3.63, 3.8) is 0 Å². The lowest BCUT2D eigenvalue weighted by atomic mass is 10.2. The lowest BCUT2D eigenvalue weighted by Gasteiger charge is -2.19. The SMILES string of the molecule is C#C[C@@H]1CCCN1C(=O)CC. The number of hydrogen-bond acceptors (Lipinski definition) is 1. The van der Waals surface area contributed by atoms with Crippen molar-refractivity contribution in [2.24, 2.45) is 0 Å². The average Bonchev–Trinajstić information content (AvgIpc) is 2.50. The van der Waals surface area contributed by atoms with Crippen LogP contribution in [0.5, 0.6) is 0 Å². The van der Waals surface area contributed by atoms with Gasteiger partial charge in [0, 0.05) is 13.0 Å². The molecule has 0 aliphatic carbocycles. The number of amides is 1. The largest absolute Gasteiger partial charge is 0.329 e. The molecule has 1 saturated heterocycles. The Hall–Kier alpha value is -0.970. The van der Waals surface area contributed by atoms with E-state index in [2.05, 4.69) is 5.92 Å². The van der Waals surface area contributed by atoms with Gasteiger partial charge in [-0.2, -0.15) is 0 Å². The summed E-state index contributed by atoms with van der Waals surface area (Å²) in [6.07, 6.45) is 7.87. The molecular weight excluding hydrogens is 138 g/mol. The maximum absolute atomic E-state index is 11.2. The van der Waals surface area contributed by atoms with Crippen LogP contribution in [0.2, 0.25) is 0 Å². The van der Waals surface area contributed by atoms with Crippen LogP contribution in [-0.2, 0) is 4.79 Å². The van der Waals surface area contributed by atoms with Crippen molar-refractivity contribution in [3.05, 3.63) is 0 Å². The van der Waals surface area contributed by atoms with Crippen molar-refractivity contribution in [2.45, 2.75) is 32.2 Å². The van der Waals surface area contributed by atoms with Crippen LogP contribution in [0.1, 0.15) is 26.2 Å². The third kappa shape index (κ3) is 1.54. The Balaban J connectivity index is 2.58. The fourth-order valence-corrected chi connectivity index (χ4v) is 1.44. The molecule has 2 heteroatoms. The van der Waals surface area contributed by atoms with E-state index in [1.165, 1.54) is 0 Å². The minimum absolute atomic E-state index is 0.0717. The monoisotopic (exact) mass is 151 g/mol. The molecule has 1 heterocycles. The average molecular weight is 151 g/mol. The van der Waals surface area contributed by atoms with Crippen LogP contribution in [0.3, 0.4) is 0 Å². The van der Waals surface area contributed by atoms with Crippen molar-refractivity contribution < 1.29 is 4.79 Å². The molecule has 11 heavy (non-hydrogen) atoms. The zero-order valence-corrected chi connectivity index (χ0v) is 6.84. The van der Waals surface area contributed by atoms with E-state index in [0.29, 0.717) is 6.42 Å². The third-order valence-corrected chi connectivity index (χ3v) is 2.07. The Bertz CT molecular complexity index is 192. The lowest BCUT2D eigenvalue weighted by molar-refractivity contribution is -0.130. The molecule has 0 saturated carbocycles. The number of likely N-dealkylation sites (tertiary alicyclic amines) is 1. The summed E-state index contributed by atoms with van der Waals surface area (Å²) >= 11 is 0. The molecule has 0 aromatic rings. The van der Waals surface area contributed by atoms with E-state index in [0.717, 1.165) is 19.4 Å². The second kappa shape index (κ2) is 3.43. The van der Waals surface area contributed by atoms with Crippen LogP contribution < -0.4 is 0 Å². The van der Waals surface area contributed by atoms with Crippen LogP contribution in [0.4, 0.5) is 0 Å². The molecule has 1 rings (SSSR count). The van der Waals surface area contributed by atoms with Crippen LogP contribution in [0.15, 0.2) is 0 Å². The molecular formula is C9H13NO. The van der Waals surface area contributed by atoms with Gasteiger partial charge >= 0.3 is 0 Å². The first-order valence-corrected chi connectivity index (χ1v) is 4.05. The molecule has 0 N–H and O–H groups in total. The van der Waals surface area contributed by atoms with Crippen LogP contribution in [0.25, 0.3) is 0 Å².